The van der Waals surface area contributed by atoms with E-state index in [-0.39, 0.29) is 16.2 Å². The van der Waals surface area contributed by atoms with E-state index in [0.717, 1.165) is 31.1 Å². The standard InChI is InChI=1S/C31H42O3Si/c1-25(15-13-23-32)31(6)28(33)20-22-30(31,5)21-14-24-34-35(29(2,3)4,26-16-9-7-10-17-26)27-18-11-8-12-19-27/h7-12,16-19,23H,1,13-15,20-22,24H2,2-6H3/t30-,31-/m1/s1. The van der Waals surface area contributed by atoms with E-state index in [1.807, 2.05) is 0 Å². The maximum Gasteiger partial charge on any atom is 0.261 e. The van der Waals surface area contributed by atoms with Crippen LogP contribution in [0, 0.1) is 10.8 Å². The van der Waals surface area contributed by atoms with Gasteiger partial charge < -0.3 is 9.22 Å². The minimum atomic E-state index is -2.56. The zero-order valence-electron chi connectivity index (χ0n) is 22.2. The quantitative estimate of drug-likeness (QED) is 0.162. The number of Topliss-reactive ketones (excluding diaryl/α,β-unsaturated/α-hetero) is 1. The molecule has 188 valence electrons. The molecule has 1 aliphatic carbocycles. The summed E-state index contributed by atoms with van der Waals surface area (Å²) >= 11 is 0. The Morgan fingerprint density at radius 3 is 2.06 bits per heavy atom. The molecule has 3 nitrogen and oxygen atoms in total. The lowest BCUT2D eigenvalue weighted by atomic mass is 9.61. The SMILES string of the molecule is C=C(CCC=O)[C@]1(C)C(=O)CC[C@@]1(C)CCCO[Si](c1ccccc1)(c1ccccc1)C(C)(C)C. The summed E-state index contributed by atoms with van der Waals surface area (Å²) in [5.41, 5.74) is 0.161. The molecule has 2 atom stereocenters. The van der Waals surface area contributed by atoms with Crippen LogP contribution in [0.4, 0.5) is 0 Å². The van der Waals surface area contributed by atoms with Crippen molar-refractivity contribution >= 4 is 30.8 Å². The Labute approximate surface area is 213 Å². The summed E-state index contributed by atoms with van der Waals surface area (Å²) in [6.07, 6.45) is 5.15. The summed E-state index contributed by atoms with van der Waals surface area (Å²) in [6.45, 7) is 16.1. The average Bonchev–Trinajstić information content (AvgIpc) is 3.08. The first kappa shape index (κ1) is 27.3. The summed E-state index contributed by atoms with van der Waals surface area (Å²) in [5.74, 6) is 0.267. The molecule has 1 fully saturated rings. The lowest BCUT2D eigenvalue weighted by Crippen LogP contribution is -2.66. The van der Waals surface area contributed by atoms with E-state index in [2.05, 4.69) is 102 Å². The molecule has 2 aromatic carbocycles. The molecule has 0 radical (unpaired) electrons. The van der Waals surface area contributed by atoms with Gasteiger partial charge in [-0.3, -0.25) is 4.79 Å². The third-order valence-corrected chi connectivity index (χ3v) is 13.6. The highest BCUT2D eigenvalue weighted by molar-refractivity contribution is 6.99. The molecule has 0 saturated heterocycles. The zero-order chi connectivity index (χ0) is 25.7. The van der Waals surface area contributed by atoms with Crippen molar-refractivity contribution in [3.05, 3.63) is 72.8 Å². The first-order chi connectivity index (χ1) is 16.5. The van der Waals surface area contributed by atoms with Gasteiger partial charge in [-0.2, -0.15) is 0 Å². The topological polar surface area (TPSA) is 43.4 Å². The van der Waals surface area contributed by atoms with E-state index in [1.165, 1.54) is 10.4 Å². The number of aldehydes is 1. The van der Waals surface area contributed by atoms with E-state index in [9.17, 15) is 9.59 Å². The van der Waals surface area contributed by atoms with Gasteiger partial charge in [0.05, 0.1) is 5.41 Å². The van der Waals surface area contributed by atoms with Crippen LogP contribution in [0.25, 0.3) is 0 Å². The van der Waals surface area contributed by atoms with Gasteiger partial charge >= 0.3 is 0 Å². The zero-order valence-corrected chi connectivity index (χ0v) is 23.2. The van der Waals surface area contributed by atoms with Crippen LogP contribution in [0.2, 0.25) is 5.04 Å². The second-order valence-electron chi connectivity index (χ2n) is 11.5. The largest absolute Gasteiger partial charge is 0.407 e. The highest BCUT2D eigenvalue weighted by Crippen LogP contribution is 2.57. The minimum Gasteiger partial charge on any atom is -0.407 e. The number of hydrogen-bond acceptors (Lipinski definition) is 3. The van der Waals surface area contributed by atoms with Gasteiger partial charge in [-0.1, -0.05) is 101 Å². The van der Waals surface area contributed by atoms with Crippen LogP contribution in [0.3, 0.4) is 0 Å². The van der Waals surface area contributed by atoms with Crippen molar-refractivity contribution in [2.45, 2.75) is 78.2 Å². The number of ketones is 1. The predicted molar refractivity (Wildman–Crippen MR) is 148 cm³/mol. The molecule has 2 aromatic rings. The van der Waals surface area contributed by atoms with E-state index in [1.54, 1.807) is 0 Å². The van der Waals surface area contributed by atoms with Crippen LogP contribution >= 0.6 is 0 Å². The fraction of sp³-hybridized carbons (Fsp3) is 0.484. The predicted octanol–water partition coefficient (Wildman–Crippen LogP) is 6.25. The van der Waals surface area contributed by atoms with Crippen LogP contribution in [0.1, 0.15) is 73.1 Å². The molecule has 4 heteroatoms. The van der Waals surface area contributed by atoms with Crippen molar-refractivity contribution in [3.63, 3.8) is 0 Å². The molecular weight excluding hydrogens is 448 g/mol. The summed E-state index contributed by atoms with van der Waals surface area (Å²) < 4.78 is 7.08. The van der Waals surface area contributed by atoms with Gasteiger partial charge in [0.1, 0.15) is 12.1 Å². The van der Waals surface area contributed by atoms with Crippen LogP contribution < -0.4 is 10.4 Å². The maximum absolute atomic E-state index is 13.0. The molecular formula is C31H42O3Si. The van der Waals surface area contributed by atoms with Crippen LogP contribution in [0.5, 0.6) is 0 Å². The number of hydrogen-bond donors (Lipinski definition) is 0. The van der Waals surface area contributed by atoms with Crippen LogP contribution in [-0.2, 0) is 14.0 Å². The third kappa shape index (κ3) is 5.01. The van der Waals surface area contributed by atoms with Gasteiger partial charge in [0.2, 0.25) is 0 Å². The number of benzene rings is 2. The van der Waals surface area contributed by atoms with Gasteiger partial charge in [-0.15, -0.1) is 0 Å². The fourth-order valence-electron chi connectivity index (χ4n) is 6.16. The van der Waals surface area contributed by atoms with Crippen molar-refractivity contribution in [2.75, 3.05) is 6.61 Å². The van der Waals surface area contributed by atoms with Crippen molar-refractivity contribution in [3.8, 4) is 0 Å². The summed E-state index contributed by atoms with van der Waals surface area (Å²) in [4.78, 5) is 24.0. The van der Waals surface area contributed by atoms with Crippen LogP contribution in [-0.4, -0.2) is 27.0 Å². The van der Waals surface area contributed by atoms with Crippen molar-refractivity contribution in [2.24, 2.45) is 10.8 Å². The molecule has 35 heavy (non-hydrogen) atoms. The lowest BCUT2D eigenvalue weighted by Gasteiger charge is -2.44. The second kappa shape index (κ2) is 10.8. The Kier molecular flexibility index (Phi) is 8.39. The number of allylic oxidation sites excluding steroid dienone is 1. The molecule has 0 aliphatic heterocycles. The van der Waals surface area contributed by atoms with Gasteiger partial charge in [-0.05, 0) is 53.4 Å². The third-order valence-electron chi connectivity index (χ3n) is 8.55. The van der Waals surface area contributed by atoms with E-state index in [4.69, 9.17) is 4.43 Å². The molecule has 1 aliphatic rings. The Morgan fingerprint density at radius 2 is 1.57 bits per heavy atom. The van der Waals surface area contributed by atoms with Crippen molar-refractivity contribution in [1.82, 2.24) is 0 Å². The summed E-state index contributed by atoms with van der Waals surface area (Å²) in [6, 6.07) is 21.4. The maximum atomic E-state index is 13.0. The fourth-order valence-corrected chi connectivity index (χ4v) is 10.8. The molecule has 0 spiro atoms. The molecule has 0 aromatic heterocycles. The molecule has 0 amide bonds. The lowest BCUT2D eigenvalue weighted by molar-refractivity contribution is -0.126. The van der Waals surface area contributed by atoms with Gasteiger partial charge in [0, 0.05) is 19.4 Å². The second-order valence-corrected chi connectivity index (χ2v) is 15.8. The van der Waals surface area contributed by atoms with Crippen molar-refractivity contribution in [1.29, 1.82) is 0 Å². The Morgan fingerprint density at radius 1 is 1.03 bits per heavy atom. The number of carbonyl (C=O) groups is 2. The highest BCUT2D eigenvalue weighted by atomic mass is 28.4. The van der Waals surface area contributed by atoms with Gasteiger partial charge in [-0.25, -0.2) is 0 Å². The molecule has 1 saturated carbocycles. The molecule has 0 unspecified atom stereocenters. The molecule has 0 bridgehead atoms. The monoisotopic (exact) mass is 490 g/mol. The summed E-state index contributed by atoms with van der Waals surface area (Å²) in [5, 5.41) is 2.52. The van der Waals surface area contributed by atoms with E-state index < -0.39 is 13.7 Å². The number of carbonyl (C=O) groups excluding carboxylic acids is 2. The highest BCUT2D eigenvalue weighted by Gasteiger charge is 2.55. The first-order valence-corrected chi connectivity index (χ1v) is 14.8. The minimum absolute atomic E-state index is 0.0550. The molecule has 0 N–H and O–H groups in total. The van der Waals surface area contributed by atoms with Gasteiger partial charge in [0.25, 0.3) is 8.32 Å². The van der Waals surface area contributed by atoms with Crippen LogP contribution in [0.15, 0.2) is 72.8 Å². The summed E-state index contributed by atoms with van der Waals surface area (Å²) in [7, 11) is -2.56. The smallest absolute Gasteiger partial charge is 0.261 e. The first-order valence-electron chi connectivity index (χ1n) is 12.9. The normalized spacial score (nSPS) is 22.8. The molecule has 0 heterocycles. The Hall–Kier alpha value is -2.30. The van der Waals surface area contributed by atoms with E-state index >= 15 is 0 Å². The Bertz CT molecular complexity index is 985. The Balaban J connectivity index is 1.85. The van der Waals surface area contributed by atoms with Crippen molar-refractivity contribution < 1.29 is 14.0 Å². The average molecular weight is 491 g/mol. The number of rotatable bonds is 11. The van der Waals surface area contributed by atoms with E-state index in [0.29, 0.717) is 25.9 Å². The van der Waals surface area contributed by atoms with Gasteiger partial charge in [0.15, 0.2) is 0 Å². The molecule has 3 rings (SSSR count).